The van der Waals surface area contributed by atoms with Gasteiger partial charge in [0.1, 0.15) is 0 Å². The van der Waals surface area contributed by atoms with Crippen LogP contribution in [0.5, 0.6) is 0 Å². The van der Waals surface area contributed by atoms with Crippen LogP contribution in [0.4, 0.5) is 0 Å². The van der Waals surface area contributed by atoms with Gasteiger partial charge in [0.25, 0.3) is 0 Å². The maximum absolute atomic E-state index is 11.9. The Morgan fingerprint density at radius 3 is 3.05 bits per heavy atom. The molecule has 6 nitrogen and oxygen atoms in total. The Bertz CT molecular complexity index is 570. The van der Waals surface area contributed by atoms with Gasteiger partial charge in [0.05, 0.1) is 5.56 Å². The molecule has 2 aromatic rings. The van der Waals surface area contributed by atoms with Crippen LogP contribution in [0.25, 0.3) is 0 Å². The molecule has 1 aromatic heterocycles. The van der Waals surface area contributed by atoms with E-state index >= 15 is 0 Å². The number of carbonyl (C=O) groups excluding carboxylic acids is 1. The van der Waals surface area contributed by atoms with Gasteiger partial charge < -0.3 is 4.74 Å². The molecule has 0 aliphatic rings. The number of rotatable bonds is 5. The molecule has 0 saturated carbocycles. The molecule has 0 bridgehead atoms. The molecule has 0 aliphatic carbocycles. The summed E-state index contributed by atoms with van der Waals surface area (Å²) in [4.78, 5) is 11.9. The fraction of sp³-hybridized carbons (Fsp3) is 0.333. The van der Waals surface area contributed by atoms with Crippen LogP contribution in [-0.4, -0.2) is 26.2 Å². The van der Waals surface area contributed by atoms with Crippen molar-refractivity contribution in [2.24, 2.45) is 0 Å². The molecule has 2 rings (SSSR count). The quantitative estimate of drug-likeness (QED) is 0.594. The Morgan fingerprint density at radius 2 is 2.32 bits per heavy atom. The molecule has 7 heteroatoms. The number of tetrazole rings is 1. The second-order valence-corrected chi connectivity index (χ2v) is 5.15. The maximum Gasteiger partial charge on any atom is 0.338 e. The lowest BCUT2D eigenvalue weighted by Gasteiger charge is -2.05. The number of hydrogen-bond donors (Lipinski definition) is 0. The molecule has 0 fully saturated rings. The maximum atomic E-state index is 11.9. The number of ether oxygens (including phenoxy) is 1. The van der Waals surface area contributed by atoms with E-state index in [1.54, 1.807) is 16.8 Å². The second-order valence-electron chi connectivity index (χ2n) is 3.90. The third-order valence-corrected chi connectivity index (χ3v) is 3.11. The van der Waals surface area contributed by atoms with Gasteiger partial charge in [-0.05, 0) is 57.6 Å². The predicted molar refractivity (Wildman–Crippen MR) is 76.4 cm³/mol. The molecule has 0 aliphatic heterocycles. The van der Waals surface area contributed by atoms with Gasteiger partial charge in [-0.2, -0.15) is 0 Å². The molecule has 1 aromatic carbocycles. The summed E-state index contributed by atoms with van der Waals surface area (Å²) in [5.74, 6) is 0.186. The first-order valence-electron chi connectivity index (χ1n) is 5.88. The van der Waals surface area contributed by atoms with Gasteiger partial charge in [0.15, 0.2) is 12.4 Å². The Balaban J connectivity index is 1.98. The molecule has 0 amide bonds. The van der Waals surface area contributed by atoms with E-state index in [1.807, 2.05) is 19.1 Å². The van der Waals surface area contributed by atoms with E-state index in [4.69, 9.17) is 4.74 Å². The molecule has 0 atom stereocenters. The van der Waals surface area contributed by atoms with Crippen LogP contribution in [0.2, 0.25) is 0 Å². The van der Waals surface area contributed by atoms with Crippen molar-refractivity contribution < 1.29 is 9.53 Å². The van der Waals surface area contributed by atoms with Gasteiger partial charge in [-0.15, -0.1) is 5.10 Å². The van der Waals surface area contributed by atoms with E-state index in [0.717, 1.165) is 9.99 Å². The lowest BCUT2D eigenvalue weighted by atomic mass is 10.2. The van der Waals surface area contributed by atoms with E-state index in [1.165, 1.54) is 0 Å². The highest BCUT2D eigenvalue weighted by atomic mass is 127. The van der Waals surface area contributed by atoms with Gasteiger partial charge in [-0.3, -0.25) is 0 Å². The standard InChI is InChI=1S/C12H13IN4O2/c1-2-6-17-11(14-15-16-17)8-19-12(18)9-4-3-5-10(13)7-9/h3-5,7H,2,6,8H2,1H3. The number of halogens is 1. The van der Waals surface area contributed by atoms with Gasteiger partial charge >= 0.3 is 5.97 Å². The van der Waals surface area contributed by atoms with E-state index in [0.29, 0.717) is 17.9 Å². The zero-order valence-electron chi connectivity index (χ0n) is 10.4. The van der Waals surface area contributed by atoms with Crippen molar-refractivity contribution in [2.75, 3.05) is 0 Å². The Morgan fingerprint density at radius 1 is 1.47 bits per heavy atom. The SMILES string of the molecule is CCCn1nnnc1COC(=O)c1cccc(I)c1. The summed E-state index contributed by atoms with van der Waals surface area (Å²) in [5.41, 5.74) is 0.529. The minimum atomic E-state index is -0.371. The first kappa shape index (κ1) is 13.9. The zero-order valence-corrected chi connectivity index (χ0v) is 12.6. The van der Waals surface area contributed by atoms with Crippen LogP contribution in [0.15, 0.2) is 24.3 Å². The number of esters is 1. The topological polar surface area (TPSA) is 69.9 Å². The van der Waals surface area contributed by atoms with E-state index in [9.17, 15) is 4.79 Å². The lowest BCUT2D eigenvalue weighted by Crippen LogP contribution is -2.11. The minimum Gasteiger partial charge on any atom is -0.454 e. The fourth-order valence-electron chi connectivity index (χ4n) is 1.54. The van der Waals surface area contributed by atoms with Crippen molar-refractivity contribution in [3.8, 4) is 0 Å². The first-order chi connectivity index (χ1) is 9.20. The summed E-state index contributed by atoms with van der Waals surface area (Å²) >= 11 is 2.15. The van der Waals surface area contributed by atoms with Gasteiger partial charge in [0, 0.05) is 10.1 Å². The van der Waals surface area contributed by atoms with Crippen molar-refractivity contribution in [3.05, 3.63) is 39.2 Å². The average molecular weight is 372 g/mol. The summed E-state index contributed by atoms with van der Waals surface area (Å²) < 4.78 is 7.84. The number of nitrogens with zero attached hydrogens (tertiary/aromatic N) is 4. The molecular weight excluding hydrogens is 359 g/mol. The van der Waals surface area contributed by atoms with Crippen molar-refractivity contribution in [1.82, 2.24) is 20.2 Å². The Hall–Kier alpha value is -1.51. The molecule has 0 spiro atoms. The van der Waals surface area contributed by atoms with Crippen LogP contribution in [0.1, 0.15) is 29.5 Å². The normalized spacial score (nSPS) is 10.4. The van der Waals surface area contributed by atoms with E-state index in [-0.39, 0.29) is 12.6 Å². The van der Waals surface area contributed by atoms with Crippen LogP contribution in [-0.2, 0) is 17.9 Å². The summed E-state index contributed by atoms with van der Waals surface area (Å²) in [6, 6.07) is 7.23. The molecule has 0 unspecified atom stereocenters. The lowest BCUT2D eigenvalue weighted by molar-refractivity contribution is 0.0456. The molecule has 0 radical (unpaired) electrons. The van der Waals surface area contributed by atoms with Crippen molar-refractivity contribution in [3.63, 3.8) is 0 Å². The highest BCUT2D eigenvalue weighted by Gasteiger charge is 2.11. The van der Waals surface area contributed by atoms with E-state index in [2.05, 4.69) is 38.1 Å². The average Bonchev–Trinajstić information content (AvgIpc) is 2.84. The molecule has 19 heavy (non-hydrogen) atoms. The van der Waals surface area contributed by atoms with Crippen molar-refractivity contribution in [1.29, 1.82) is 0 Å². The number of aromatic nitrogens is 4. The predicted octanol–water partition coefficient (Wildman–Crippen LogP) is 2.04. The highest BCUT2D eigenvalue weighted by Crippen LogP contribution is 2.10. The monoisotopic (exact) mass is 372 g/mol. The van der Waals surface area contributed by atoms with Crippen LogP contribution >= 0.6 is 22.6 Å². The molecule has 0 N–H and O–H groups in total. The third-order valence-electron chi connectivity index (χ3n) is 2.43. The molecule has 0 saturated heterocycles. The largest absolute Gasteiger partial charge is 0.454 e. The Labute approximate surface area is 124 Å². The van der Waals surface area contributed by atoms with E-state index < -0.39 is 0 Å². The minimum absolute atomic E-state index is 0.0807. The molecular formula is C12H13IN4O2. The number of aryl methyl sites for hydroxylation is 1. The fourth-order valence-corrected chi connectivity index (χ4v) is 2.08. The van der Waals surface area contributed by atoms with Crippen LogP contribution < -0.4 is 0 Å². The first-order valence-corrected chi connectivity index (χ1v) is 6.96. The second kappa shape index (κ2) is 6.60. The van der Waals surface area contributed by atoms with Gasteiger partial charge in [-0.25, -0.2) is 9.48 Å². The summed E-state index contributed by atoms with van der Waals surface area (Å²) in [6.45, 7) is 2.82. The summed E-state index contributed by atoms with van der Waals surface area (Å²) in [5, 5.41) is 11.3. The van der Waals surface area contributed by atoms with Crippen molar-refractivity contribution in [2.45, 2.75) is 26.5 Å². The van der Waals surface area contributed by atoms with Gasteiger partial charge in [0.2, 0.25) is 0 Å². The van der Waals surface area contributed by atoms with Crippen LogP contribution in [0.3, 0.4) is 0 Å². The Kier molecular flexibility index (Phi) is 4.83. The zero-order chi connectivity index (χ0) is 13.7. The summed E-state index contributed by atoms with van der Waals surface area (Å²) in [6.07, 6.45) is 0.920. The molecule has 100 valence electrons. The number of hydrogen-bond acceptors (Lipinski definition) is 5. The third kappa shape index (κ3) is 3.72. The summed E-state index contributed by atoms with van der Waals surface area (Å²) in [7, 11) is 0. The van der Waals surface area contributed by atoms with Gasteiger partial charge in [-0.1, -0.05) is 13.0 Å². The van der Waals surface area contributed by atoms with Crippen LogP contribution in [0, 0.1) is 3.57 Å². The number of carbonyl (C=O) groups is 1. The van der Waals surface area contributed by atoms with Crippen molar-refractivity contribution >= 4 is 28.6 Å². The smallest absolute Gasteiger partial charge is 0.338 e. The molecule has 1 heterocycles. The number of benzene rings is 1. The highest BCUT2D eigenvalue weighted by molar-refractivity contribution is 14.1.